The molecule has 0 amide bonds. The third kappa shape index (κ3) is 2.74. The molecule has 0 aromatic heterocycles. The van der Waals surface area contributed by atoms with Crippen LogP contribution in [-0.2, 0) is 9.84 Å². The molecule has 3 nitrogen and oxygen atoms in total. The van der Waals surface area contributed by atoms with Gasteiger partial charge in [0.2, 0.25) is 0 Å². The lowest BCUT2D eigenvalue weighted by atomic mass is 9.79. The first kappa shape index (κ1) is 16.3. The first-order chi connectivity index (χ1) is 11.8. The van der Waals surface area contributed by atoms with Gasteiger partial charge in [-0.1, -0.05) is 43.4 Å². The summed E-state index contributed by atoms with van der Waals surface area (Å²) < 4.78 is 23.6. The fourth-order valence-electron chi connectivity index (χ4n) is 4.07. The summed E-state index contributed by atoms with van der Waals surface area (Å²) in [5.41, 5.74) is 4.75. The minimum atomic E-state index is -3.14. The van der Waals surface area contributed by atoms with E-state index in [-0.39, 0.29) is 17.5 Å². The van der Waals surface area contributed by atoms with Crippen LogP contribution >= 0.6 is 0 Å². The molecule has 0 bridgehead atoms. The highest BCUT2D eigenvalue weighted by Crippen LogP contribution is 2.30. The van der Waals surface area contributed by atoms with Gasteiger partial charge >= 0.3 is 0 Å². The van der Waals surface area contributed by atoms with Crippen molar-refractivity contribution in [2.24, 2.45) is 0 Å². The van der Waals surface area contributed by atoms with E-state index in [0.717, 1.165) is 45.6 Å². The van der Waals surface area contributed by atoms with Gasteiger partial charge in [-0.25, -0.2) is 8.42 Å². The van der Waals surface area contributed by atoms with E-state index >= 15 is 0 Å². The van der Waals surface area contributed by atoms with Crippen LogP contribution in [0.5, 0.6) is 0 Å². The molecule has 128 valence electrons. The van der Waals surface area contributed by atoms with Gasteiger partial charge in [-0.2, -0.15) is 0 Å². The molecule has 1 unspecified atom stereocenters. The first-order valence-electron chi connectivity index (χ1n) is 8.53. The summed E-state index contributed by atoms with van der Waals surface area (Å²) >= 11 is 0. The Morgan fingerprint density at radius 2 is 1.92 bits per heavy atom. The molecule has 4 heteroatoms. The zero-order valence-corrected chi connectivity index (χ0v) is 15.2. The van der Waals surface area contributed by atoms with Gasteiger partial charge in [-0.3, -0.25) is 4.79 Å². The van der Waals surface area contributed by atoms with Crippen LogP contribution in [0.4, 0.5) is 0 Å². The number of allylic oxidation sites excluding steroid dienone is 6. The number of rotatable bonds is 2. The number of hydrogen-bond acceptors (Lipinski definition) is 3. The minimum absolute atomic E-state index is 0.00338. The Morgan fingerprint density at radius 1 is 1.16 bits per heavy atom. The second-order valence-corrected chi connectivity index (χ2v) is 9.22. The van der Waals surface area contributed by atoms with Crippen LogP contribution in [-0.4, -0.2) is 26.2 Å². The van der Waals surface area contributed by atoms with Crippen molar-refractivity contribution in [3.63, 3.8) is 0 Å². The zero-order valence-electron chi connectivity index (χ0n) is 14.4. The maximum Gasteiger partial charge on any atom is 0.187 e. The molecule has 0 radical (unpaired) electrons. The predicted octanol–water partition coefficient (Wildman–Crippen LogP) is 2.18. The van der Waals surface area contributed by atoms with Gasteiger partial charge in [0.05, 0.1) is 5.75 Å². The molecule has 0 spiro atoms. The van der Waals surface area contributed by atoms with Crippen molar-refractivity contribution >= 4 is 26.8 Å². The maximum atomic E-state index is 12.9. The lowest BCUT2D eigenvalue weighted by molar-refractivity contribution is 0.104. The standard InChI is InChI=1S/C21H20O3S/c1-13-7-8-15(12-25(2,23)24)17-9-10-18-16-6-4-3-5-14(16)11-19(22)21(18)20(13)17/h3,5,7-11,13H,4,6,12H2,1-2H3. The quantitative estimate of drug-likeness (QED) is 0.820. The van der Waals surface area contributed by atoms with E-state index < -0.39 is 9.84 Å². The fraction of sp³-hybridized carbons (Fsp3) is 0.286. The third-order valence-corrected chi connectivity index (χ3v) is 5.95. The summed E-state index contributed by atoms with van der Waals surface area (Å²) in [5.74, 6) is 0.112. The molecule has 25 heavy (non-hydrogen) atoms. The molecule has 1 atom stereocenters. The first-order valence-corrected chi connectivity index (χ1v) is 10.6. The largest absolute Gasteiger partial charge is 0.289 e. The normalized spacial score (nSPS) is 21.6. The van der Waals surface area contributed by atoms with Gasteiger partial charge in [0.25, 0.3) is 0 Å². The number of hydrogen-bond donors (Lipinski definition) is 0. The maximum absolute atomic E-state index is 12.9. The van der Waals surface area contributed by atoms with Crippen molar-refractivity contribution in [3.05, 3.63) is 69.7 Å². The molecule has 0 N–H and O–H groups in total. The summed E-state index contributed by atoms with van der Waals surface area (Å²) in [4.78, 5) is 12.9. The third-order valence-electron chi connectivity index (χ3n) is 5.12. The molecule has 1 aromatic rings. The fourth-order valence-corrected chi connectivity index (χ4v) is 4.88. The molecular weight excluding hydrogens is 332 g/mol. The molecular formula is C21H20O3S. The van der Waals surface area contributed by atoms with Gasteiger partial charge < -0.3 is 0 Å². The second-order valence-electron chi connectivity index (χ2n) is 7.08. The predicted molar refractivity (Wildman–Crippen MR) is 101 cm³/mol. The molecule has 0 fully saturated rings. The monoisotopic (exact) mass is 352 g/mol. The molecule has 4 rings (SSSR count). The van der Waals surface area contributed by atoms with E-state index in [4.69, 9.17) is 0 Å². The van der Waals surface area contributed by atoms with Crippen LogP contribution in [0, 0.1) is 0 Å². The Labute approximate surface area is 147 Å². The zero-order chi connectivity index (χ0) is 17.8. The Hall–Kier alpha value is -2.20. The van der Waals surface area contributed by atoms with Crippen LogP contribution < -0.4 is 10.4 Å². The van der Waals surface area contributed by atoms with Crippen molar-refractivity contribution in [3.8, 4) is 0 Å². The number of ketones is 1. The average molecular weight is 352 g/mol. The smallest absolute Gasteiger partial charge is 0.187 e. The molecule has 0 saturated heterocycles. The van der Waals surface area contributed by atoms with Gasteiger partial charge in [-0.15, -0.1) is 0 Å². The van der Waals surface area contributed by atoms with E-state index in [1.54, 1.807) is 6.08 Å². The molecule has 0 heterocycles. The van der Waals surface area contributed by atoms with Crippen molar-refractivity contribution in [2.45, 2.75) is 25.7 Å². The van der Waals surface area contributed by atoms with E-state index in [9.17, 15) is 13.2 Å². The minimum Gasteiger partial charge on any atom is -0.289 e. The number of benzene rings is 1. The summed E-state index contributed by atoms with van der Waals surface area (Å²) in [7, 11) is -3.14. The highest BCUT2D eigenvalue weighted by molar-refractivity contribution is 7.91. The van der Waals surface area contributed by atoms with Crippen LogP contribution in [0.2, 0.25) is 0 Å². The van der Waals surface area contributed by atoms with Crippen molar-refractivity contribution in [1.82, 2.24) is 0 Å². The highest BCUT2D eigenvalue weighted by atomic mass is 32.2. The highest BCUT2D eigenvalue weighted by Gasteiger charge is 2.26. The van der Waals surface area contributed by atoms with E-state index in [1.165, 1.54) is 11.8 Å². The van der Waals surface area contributed by atoms with Gasteiger partial charge in [0.1, 0.15) is 0 Å². The molecule has 1 aromatic carbocycles. The molecule has 3 aliphatic rings. The van der Waals surface area contributed by atoms with E-state index in [0.29, 0.717) is 0 Å². The topological polar surface area (TPSA) is 51.2 Å². The summed E-state index contributed by atoms with van der Waals surface area (Å²) in [5, 5.41) is 1.92. The Morgan fingerprint density at radius 3 is 2.68 bits per heavy atom. The summed E-state index contributed by atoms with van der Waals surface area (Å²) in [6.07, 6.45) is 12.9. The van der Waals surface area contributed by atoms with E-state index in [2.05, 4.69) is 13.0 Å². The SMILES string of the molecule is CC1C=CC(CS(C)(=O)=O)=c2ccc3c(c21)C(=O)C=C1C=CCCC=31. The average Bonchev–Trinajstić information content (AvgIpc) is 2.56. The van der Waals surface area contributed by atoms with E-state index in [1.807, 2.05) is 30.4 Å². The lowest BCUT2D eigenvalue weighted by Crippen LogP contribution is -2.33. The van der Waals surface area contributed by atoms with Gasteiger partial charge in [0, 0.05) is 17.7 Å². The molecule has 3 aliphatic carbocycles. The lowest BCUT2D eigenvalue weighted by Gasteiger charge is -2.24. The van der Waals surface area contributed by atoms with Crippen LogP contribution in [0.15, 0.2) is 48.1 Å². The van der Waals surface area contributed by atoms with Crippen LogP contribution in [0.3, 0.4) is 0 Å². The molecule has 0 aliphatic heterocycles. The number of carbonyl (C=O) groups excluding carboxylic acids is 1. The number of fused-ring (bicyclic) bond motifs is 4. The summed E-state index contributed by atoms with van der Waals surface area (Å²) in [6.45, 7) is 2.06. The summed E-state index contributed by atoms with van der Waals surface area (Å²) in [6, 6.07) is 4.00. The number of sulfone groups is 1. The van der Waals surface area contributed by atoms with Crippen molar-refractivity contribution < 1.29 is 13.2 Å². The molecule has 0 saturated carbocycles. The van der Waals surface area contributed by atoms with Crippen LogP contribution in [0.1, 0.15) is 41.6 Å². The Kier molecular flexibility index (Phi) is 3.69. The Bertz CT molecular complexity index is 1110. The van der Waals surface area contributed by atoms with Crippen molar-refractivity contribution in [1.29, 1.82) is 0 Å². The van der Waals surface area contributed by atoms with Gasteiger partial charge in [-0.05, 0) is 51.6 Å². The second kappa shape index (κ2) is 5.67. The van der Waals surface area contributed by atoms with Crippen LogP contribution in [0.25, 0.3) is 11.1 Å². The Balaban J connectivity index is 2.08. The number of carbonyl (C=O) groups is 1. The van der Waals surface area contributed by atoms with Gasteiger partial charge in [0.15, 0.2) is 15.6 Å². The van der Waals surface area contributed by atoms with Crippen molar-refractivity contribution in [2.75, 3.05) is 12.0 Å².